The number of fused-ring (bicyclic) bond motifs is 2. The van der Waals surface area contributed by atoms with Gasteiger partial charge in [0.2, 0.25) is 5.89 Å². The Kier molecular flexibility index (Phi) is 4.37. The van der Waals surface area contributed by atoms with Crippen molar-refractivity contribution in [1.29, 1.82) is 0 Å². The van der Waals surface area contributed by atoms with E-state index in [0.717, 1.165) is 22.0 Å². The molecule has 0 radical (unpaired) electrons. The summed E-state index contributed by atoms with van der Waals surface area (Å²) < 4.78 is 22.1. The minimum atomic E-state index is 0.412. The molecule has 0 bridgehead atoms. The minimum absolute atomic E-state index is 0.412. The molecule has 0 saturated heterocycles. The molecule has 0 saturated carbocycles. The van der Waals surface area contributed by atoms with Crippen LogP contribution >= 0.6 is 0 Å². The second kappa shape index (κ2) is 6.97. The van der Waals surface area contributed by atoms with Crippen LogP contribution in [0.25, 0.3) is 33.5 Å². The first-order chi connectivity index (χ1) is 12.8. The molecule has 0 aliphatic rings. The fourth-order valence-corrected chi connectivity index (χ4v) is 2.73. The summed E-state index contributed by atoms with van der Waals surface area (Å²) in [5.41, 5.74) is 2.92. The predicted molar refractivity (Wildman–Crippen MR) is 96.5 cm³/mol. The highest BCUT2D eigenvalue weighted by molar-refractivity contribution is 5.94. The molecule has 0 aliphatic carbocycles. The smallest absolute Gasteiger partial charge is 0.229 e. The zero-order valence-electron chi connectivity index (χ0n) is 14.4. The van der Waals surface area contributed by atoms with Crippen LogP contribution in [0.2, 0.25) is 0 Å². The monoisotopic (exact) mass is 351 g/mol. The van der Waals surface area contributed by atoms with Gasteiger partial charge in [0.25, 0.3) is 0 Å². The molecule has 7 heteroatoms. The molecule has 0 N–H and O–H groups in total. The van der Waals surface area contributed by atoms with Gasteiger partial charge in [-0.2, -0.15) is 10.2 Å². The lowest BCUT2D eigenvalue weighted by Crippen LogP contribution is -2.05. The number of oxazole rings is 1. The minimum Gasteiger partial charge on any atom is -0.493 e. The van der Waals surface area contributed by atoms with E-state index in [1.54, 1.807) is 26.5 Å². The van der Waals surface area contributed by atoms with Gasteiger partial charge in [0, 0.05) is 18.6 Å². The molecule has 4 aromatic rings. The molecule has 2 heterocycles. The van der Waals surface area contributed by atoms with Crippen molar-refractivity contribution in [2.75, 3.05) is 27.4 Å². The highest BCUT2D eigenvalue weighted by Gasteiger charge is 2.16. The van der Waals surface area contributed by atoms with Crippen LogP contribution < -0.4 is 9.47 Å². The van der Waals surface area contributed by atoms with E-state index in [1.807, 2.05) is 30.3 Å². The second-order valence-electron chi connectivity index (χ2n) is 5.61. The van der Waals surface area contributed by atoms with Crippen LogP contribution in [0.15, 0.2) is 47.0 Å². The van der Waals surface area contributed by atoms with E-state index in [0.29, 0.717) is 36.1 Å². The number of benzene rings is 2. The van der Waals surface area contributed by atoms with Crippen LogP contribution in [0.5, 0.6) is 11.5 Å². The molecule has 2 aromatic heterocycles. The summed E-state index contributed by atoms with van der Waals surface area (Å²) in [6.07, 6.45) is 1.64. The van der Waals surface area contributed by atoms with E-state index < -0.39 is 0 Å². The van der Waals surface area contributed by atoms with Crippen molar-refractivity contribution < 1.29 is 18.6 Å². The number of hydrogen-bond acceptors (Lipinski definition) is 7. The topological polar surface area (TPSA) is 79.5 Å². The van der Waals surface area contributed by atoms with Gasteiger partial charge in [0.1, 0.15) is 12.1 Å². The van der Waals surface area contributed by atoms with Crippen LogP contribution in [0.1, 0.15) is 0 Å². The maximum absolute atomic E-state index is 5.89. The lowest BCUT2D eigenvalue weighted by Gasteiger charge is -2.12. The SMILES string of the molecule is COCCOc1cc2c(-c3nc4ccccc4o3)cnnc2cc1OC. The summed E-state index contributed by atoms with van der Waals surface area (Å²) in [5, 5.41) is 9.08. The van der Waals surface area contributed by atoms with Gasteiger partial charge in [0.15, 0.2) is 17.1 Å². The zero-order chi connectivity index (χ0) is 17.9. The normalized spacial score (nSPS) is 11.2. The second-order valence-corrected chi connectivity index (χ2v) is 5.61. The number of hydrogen-bond donors (Lipinski definition) is 0. The number of ether oxygens (including phenoxy) is 3. The largest absolute Gasteiger partial charge is 0.493 e. The van der Waals surface area contributed by atoms with Crippen LogP contribution in [-0.4, -0.2) is 42.6 Å². The van der Waals surface area contributed by atoms with Crippen molar-refractivity contribution in [3.05, 3.63) is 42.6 Å². The number of para-hydroxylation sites is 2. The fourth-order valence-electron chi connectivity index (χ4n) is 2.73. The molecular formula is C19H17N3O4. The number of aromatic nitrogens is 3. The summed E-state index contributed by atoms with van der Waals surface area (Å²) in [7, 11) is 3.21. The summed E-state index contributed by atoms with van der Waals surface area (Å²) >= 11 is 0. The average Bonchev–Trinajstić information content (AvgIpc) is 3.11. The molecule has 7 nitrogen and oxygen atoms in total. The quantitative estimate of drug-likeness (QED) is 0.492. The Balaban J connectivity index is 1.85. The first-order valence-corrected chi connectivity index (χ1v) is 8.11. The van der Waals surface area contributed by atoms with Gasteiger partial charge >= 0.3 is 0 Å². The third-order valence-electron chi connectivity index (χ3n) is 3.99. The molecule has 26 heavy (non-hydrogen) atoms. The summed E-state index contributed by atoms with van der Waals surface area (Å²) in [6, 6.07) is 11.3. The molecule has 0 aliphatic heterocycles. The van der Waals surface area contributed by atoms with Gasteiger partial charge in [-0.15, -0.1) is 0 Å². The zero-order valence-corrected chi connectivity index (χ0v) is 14.4. The van der Waals surface area contributed by atoms with E-state index in [2.05, 4.69) is 15.2 Å². The van der Waals surface area contributed by atoms with E-state index >= 15 is 0 Å². The predicted octanol–water partition coefficient (Wildman–Crippen LogP) is 3.47. The van der Waals surface area contributed by atoms with E-state index in [4.69, 9.17) is 18.6 Å². The van der Waals surface area contributed by atoms with Crippen molar-refractivity contribution in [2.24, 2.45) is 0 Å². The Bertz CT molecular complexity index is 1030. The Morgan fingerprint density at radius 2 is 1.88 bits per heavy atom. The van der Waals surface area contributed by atoms with Crippen LogP contribution in [-0.2, 0) is 4.74 Å². The van der Waals surface area contributed by atoms with Crippen molar-refractivity contribution in [1.82, 2.24) is 15.2 Å². The summed E-state index contributed by atoms with van der Waals surface area (Å²) in [4.78, 5) is 4.55. The Morgan fingerprint density at radius 1 is 1.00 bits per heavy atom. The van der Waals surface area contributed by atoms with Crippen molar-refractivity contribution >= 4 is 22.0 Å². The maximum atomic E-state index is 5.89. The van der Waals surface area contributed by atoms with E-state index in [9.17, 15) is 0 Å². The number of methoxy groups -OCH3 is 2. The maximum Gasteiger partial charge on any atom is 0.229 e. The van der Waals surface area contributed by atoms with E-state index in [-0.39, 0.29) is 0 Å². The lowest BCUT2D eigenvalue weighted by atomic mass is 10.1. The molecule has 0 amide bonds. The molecule has 0 spiro atoms. The Labute approximate surface area is 149 Å². The van der Waals surface area contributed by atoms with Crippen molar-refractivity contribution in [3.8, 4) is 23.0 Å². The van der Waals surface area contributed by atoms with Crippen LogP contribution in [0, 0.1) is 0 Å². The van der Waals surface area contributed by atoms with Crippen molar-refractivity contribution in [2.45, 2.75) is 0 Å². The van der Waals surface area contributed by atoms with Crippen LogP contribution in [0.3, 0.4) is 0 Å². The molecular weight excluding hydrogens is 334 g/mol. The fraction of sp³-hybridized carbons (Fsp3) is 0.211. The molecule has 132 valence electrons. The molecule has 0 atom stereocenters. The van der Waals surface area contributed by atoms with Gasteiger partial charge in [-0.3, -0.25) is 0 Å². The Hall–Kier alpha value is -3.19. The lowest BCUT2D eigenvalue weighted by molar-refractivity contribution is 0.144. The van der Waals surface area contributed by atoms with Gasteiger partial charge in [0.05, 0.1) is 31.0 Å². The standard InChI is InChI=1S/C19H17N3O4/c1-23-7-8-25-18-9-12-13(11-20-22-15(12)10-17(18)24-2)19-21-14-5-3-4-6-16(14)26-19/h3-6,9-11H,7-8H2,1-2H3. The van der Waals surface area contributed by atoms with Crippen LogP contribution in [0.4, 0.5) is 0 Å². The first-order valence-electron chi connectivity index (χ1n) is 8.11. The van der Waals surface area contributed by atoms with Gasteiger partial charge < -0.3 is 18.6 Å². The van der Waals surface area contributed by atoms with Gasteiger partial charge in [-0.25, -0.2) is 4.98 Å². The third-order valence-corrected chi connectivity index (χ3v) is 3.99. The highest BCUT2D eigenvalue weighted by Crippen LogP contribution is 2.36. The summed E-state index contributed by atoms with van der Waals surface area (Å²) in [5.74, 6) is 1.67. The van der Waals surface area contributed by atoms with E-state index in [1.165, 1.54) is 0 Å². The molecule has 2 aromatic carbocycles. The summed E-state index contributed by atoms with van der Waals surface area (Å²) in [6.45, 7) is 0.892. The van der Waals surface area contributed by atoms with Gasteiger partial charge in [-0.05, 0) is 18.2 Å². The molecule has 0 fully saturated rings. The van der Waals surface area contributed by atoms with Crippen molar-refractivity contribution in [3.63, 3.8) is 0 Å². The first kappa shape index (κ1) is 16.3. The molecule has 4 rings (SSSR count). The van der Waals surface area contributed by atoms with Gasteiger partial charge in [-0.1, -0.05) is 12.1 Å². The molecule has 0 unspecified atom stereocenters. The number of nitrogens with zero attached hydrogens (tertiary/aromatic N) is 3. The third kappa shape index (κ3) is 2.93. The number of rotatable bonds is 6. The Morgan fingerprint density at radius 3 is 2.69 bits per heavy atom. The average molecular weight is 351 g/mol. The highest BCUT2D eigenvalue weighted by atomic mass is 16.5.